The molecule has 0 fully saturated rings. The summed E-state index contributed by atoms with van der Waals surface area (Å²) in [5.74, 6) is 0.152. The molecule has 0 aliphatic heterocycles. The monoisotopic (exact) mass is 394 g/mol. The Balaban J connectivity index is 3.30. The third-order valence-corrected chi connectivity index (χ3v) is 4.89. The van der Waals surface area contributed by atoms with Crippen LogP contribution in [0.15, 0.2) is 35.9 Å². The average Bonchev–Trinajstić information content (AvgIpc) is 2.53. The third-order valence-electron chi connectivity index (χ3n) is 4.34. The molecule has 0 N–H and O–H groups in total. The van der Waals surface area contributed by atoms with Crippen molar-refractivity contribution < 1.29 is 4.79 Å². The predicted molar refractivity (Wildman–Crippen MR) is 116 cm³/mol. The Kier molecular flexibility index (Phi) is 9.13. The Morgan fingerprint density at radius 2 is 1.88 bits per heavy atom. The van der Waals surface area contributed by atoms with Gasteiger partial charge in [-0.25, -0.2) is 0 Å². The zero-order chi connectivity index (χ0) is 19.9. The molecule has 0 saturated carbocycles. The first-order valence-electron chi connectivity index (χ1n) is 9.47. The number of ketones is 1. The Bertz CT molecular complexity index is 678. The molecule has 1 atom stereocenters. The largest absolute Gasteiger partial charge is 0.294 e. The molecule has 1 aromatic rings. The van der Waals surface area contributed by atoms with E-state index in [-0.39, 0.29) is 17.1 Å². The number of halogens is 2. The molecule has 0 aliphatic rings. The maximum absolute atomic E-state index is 13.3. The number of allylic oxidation sites excluding steroid dienone is 4. The Hall–Kier alpha value is -1.05. The smallest absolute Gasteiger partial charge is 0.165 e. The zero-order valence-electron chi connectivity index (χ0n) is 17.0. The maximum Gasteiger partial charge on any atom is 0.165 e. The van der Waals surface area contributed by atoms with E-state index in [4.69, 9.17) is 23.2 Å². The Morgan fingerprint density at radius 1 is 1.23 bits per heavy atom. The minimum absolute atomic E-state index is 0.0381. The van der Waals surface area contributed by atoms with E-state index < -0.39 is 0 Å². The molecule has 1 aromatic carbocycles. The highest BCUT2D eigenvalue weighted by Crippen LogP contribution is 2.35. The lowest BCUT2D eigenvalue weighted by Gasteiger charge is -2.24. The molecule has 1 unspecified atom stereocenters. The molecule has 0 amide bonds. The molecule has 26 heavy (non-hydrogen) atoms. The van der Waals surface area contributed by atoms with Crippen molar-refractivity contribution in [2.45, 2.75) is 67.2 Å². The van der Waals surface area contributed by atoms with Crippen LogP contribution >= 0.6 is 23.2 Å². The van der Waals surface area contributed by atoms with Crippen molar-refractivity contribution in [1.29, 1.82) is 0 Å². The number of carbonyl (C=O) groups excluding carboxylic acids is 1. The van der Waals surface area contributed by atoms with Crippen LogP contribution in [0, 0.1) is 11.3 Å². The van der Waals surface area contributed by atoms with E-state index in [0.717, 1.165) is 42.4 Å². The highest BCUT2D eigenvalue weighted by molar-refractivity contribution is 6.36. The molecule has 0 spiro atoms. The van der Waals surface area contributed by atoms with Gasteiger partial charge in [-0.2, -0.15) is 0 Å². The van der Waals surface area contributed by atoms with Gasteiger partial charge in [-0.1, -0.05) is 88.9 Å². The summed E-state index contributed by atoms with van der Waals surface area (Å²) in [6, 6.07) is 5.45. The molecule has 1 rings (SSSR count). The van der Waals surface area contributed by atoms with Crippen LogP contribution in [-0.2, 0) is 4.79 Å². The molecule has 0 radical (unpaired) electrons. The summed E-state index contributed by atoms with van der Waals surface area (Å²) in [5, 5.41) is 1.17. The van der Waals surface area contributed by atoms with Crippen molar-refractivity contribution >= 4 is 34.6 Å². The van der Waals surface area contributed by atoms with E-state index in [1.165, 1.54) is 0 Å². The van der Waals surface area contributed by atoms with Gasteiger partial charge in [-0.3, -0.25) is 4.79 Å². The number of rotatable bonds is 8. The molecular formula is C23H32Cl2O. The van der Waals surface area contributed by atoms with Gasteiger partial charge in [-0.15, -0.1) is 0 Å². The second kappa shape index (κ2) is 10.3. The Morgan fingerprint density at radius 3 is 2.38 bits per heavy atom. The molecule has 0 aromatic heterocycles. The fraction of sp³-hybridized carbons (Fsp3) is 0.522. The van der Waals surface area contributed by atoms with Crippen LogP contribution in [0.5, 0.6) is 0 Å². The first-order chi connectivity index (χ1) is 12.1. The number of hydrogen-bond donors (Lipinski definition) is 0. The van der Waals surface area contributed by atoms with Gasteiger partial charge in [0.15, 0.2) is 5.78 Å². The van der Waals surface area contributed by atoms with Gasteiger partial charge in [0.2, 0.25) is 0 Å². The summed E-state index contributed by atoms with van der Waals surface area (Å²) in [4.78, 5) is 13.3. The first-order valence-corrected chi connectivity index (χ1v) is 10.2. The topological polar surface area (TPSA) is 17.1 Å². The summed E-state index contributed by atoms with van der Waals surface area (Å²) < 4.78 is 0. The van der Waals surface area contributed by atoms with Crippen LogP contribution in [0.2, 0.25) is 10.0 Å². The quantitative estimate of drug-likeness (QED) is 0.246. The SMILES string of the molecule is C/C=C(\C(=C/CCCC)C(=O)C(C)CC(C)(C)C)c1ccc(Cl)cc1Cl. The first kappa shape index (κ1) is 23.0. The van der Waals surface area contributed by atoms with Gasteiger partial charge in [0.1, 0.15) is 0 Å². The van der Waals surface area contributed by atoms with Crippen molar-refractivity contribution in [3.8, 4) is 0 Å². The average molecular weight is 395 g/mol. The van der Waals surface area contributed by atoms with E-state index in [1.807, 2.05) is 32.1 Å². The number of carbonyl (C=O) groups is 1. The van der Waals surface area contributed by atoms with Crippen LogP contribution in [0.3, 0.4) is 0 Å². The lowest BCUT2D eigenvalue weighted by molar-refractivity contribution is -0.119. The van der Waals surface area contributed by atoms with Gasteiger partial charge >= 0.3 is 0 Å². The second-order valence-corrected chi connectivity index (χ2v) is 8.96. The van der Waals surface area contributed by atoms with Gasteiger partial charge in [0.05, 0.1) is 0 Å². The minimum Gasteiger partial charge on any atom is -0.294 e. The van der Waals surface area contributed by atoms with E-state index in [1.54, 1.807) is 6.07 Å². The number of unbranched alkanes of at least 4 members (excludes halogenated alkanes) is 2. The summed E-state index contributed by atoms with van der Waals surface area (Å²) in [6.07, 6.45) is 7.97. The third kappa shape index (κ3) is 6.93. The lowest BCUT2D eigenvalue weighted by Crippen LogP contribution is -2.21. The zero-order valence-corrected chi connectivity index (χ0v) is 18.5. The number of hydrogen-bond acceptors (Lipinski definition) is 1. The van der Waals surface area contributed by atoms with Crippen LogP contribution in [0.1, 0.15) is 72.8 Å². The van der Waals surface area contributed by atoms with Gasteiger partial charge in [0.25, 0.3) is 0 Å². The summed E-state index contributed by atoms with van der Waals surface area (Å²) >= 11 is 12.5. The van der Waals surface area contributed by atoms with Crippen molar-refractivity contribution in [1.82, 2.24) is 0 Å². The lowest BCUT2D eigenvalue weighted by atomic mass is 9.80. The van der Waals surface area contributed by atoms with Gasteiger partial charge in [0, 0.05) is 27.1 Å². The molecule has 3 heteroatoms. The van der Waals surface area contributed by atoms with E-state index >= 15 is 0 Å². The number of benzene rings is 1. The summed E-state index contributed by atoms with van der Waals surface area (Å²) in [5.41, 5.74) is 2.64. The standard InChI is InChI=1S/C23H32Cl2O/c1-7-9-10-11-20(22(26)16(3)15-23(4,5)6)18(8-2)19-13-12-17(24)14-21(19)25/h8,11-14,16H,7,9-10,15H2,1-6H3/b18-8-,20-11+. The maximum atomic E-state index is 13.3. The normalized spacial score (nSPS) is 14.5. The van der Waals surface area contributed by atoms with E-state index in [0.29, 0.717) is 10.0 Å². The van der Waals surface area contributed by atoms with Crippen LogP contribution in [-0.4, -0.2) is 5.78 Å². The van der Waals surface area contributed by atoms with Crippen LogP contribution in [0.25, 0.3) is 5.57 Å². The minimum atomic E-state index is -0.0381. The van der Waals surface area contributed by atoms with Crippen molar-refractivity contribution in [2.24, 2.45) is 11.3 Å². The highest BCUT2D eigenvalue weighted by atomic mass is 35.5. The fourth-order valence-corrected chi connectivity index (χ4v) is 3.74. The van der Waals surface area contributed by atoms with Gasteiger partial charge < -0.3 is 0 Å². The molecule has 0 bridgehead atoms. The predicted octanol–water partition coefficient (Wildman–Crippen LogP) is 8.15. The van der Waals surface area contributed by atoms with Crippen molar-refractivity contribution in [2.75, 3.05) is 0 Å². The van der Waals surface area contributed by atoms with Gasteiger partial charge in [-0.05, 0) is 42.9 Å². The molecule has 0 saturated heterocycles. The summed E-state index contributed by atoms with van der Waals surface area (Å²) in [7, 11) is 0. The fourth-order valence-electron chi connectivity index (χ4n) is 3.23. The molecular weight excluding hydrogens is 363 g/mol. The molecule has 0 aliphatic carbocycles. The van der Waals surface area contributed by atoms with Crippen molar-refractivity contribution in [3.05, 3.63) is 51.5 Å². The molecule has 144 valence electrons. The van der Waals surface area contributed by atoms with Crippen LogP contribution in [0.4, 0.5) is 0 Å². The van der Waals surface area contributed by atoms with Crippen molar-refractivity contribution in [3.63, 3.8) is 0 Å². The number of Topliss-reactive ketones (excluding diaryl/α,β-unsaturated/α-hetero) is 1. The van der Waals surface area contributed by atoms with E-state index in [9.17, 15) is 4.79 Å². The second-order valence-electron chi connectivity index (χ2n) is 8.12. The summed E-state index contributed by atoms with van der Waals surface area (Å²) in [6.45, 7) is 12.6. The highest BCUT2D eigenvalue weighted by Gasteiger charge is 2.26. The Labute approximate surface area is 169 Å². The molecule has 0 heterocycles. The van der Waals surface area contributed by atoms with Crippen LogP contribution < -0.4 is 0 Å². The molecule has 1 nitrogen and oxygen atoms in total. The van der Waals surface area contributed by atoms with E-state index in [2.05, 4.69) is 33.8 Å².